The Kier molecular flexibility index (Phi) is 3.80. The number of carbonyl (C=O) groups excluding carboxylic acids is 1. The zero-order chi connectivity index (χ0) is 17.4. The second-order valence-corrected chi connectivity index (χ2v) is 6.15. The molecule has 1 saturated heterocycles. The lowest BCUT2D eigenvalue weighted by atomic mass is 10.0. The van der Waals surface area contributed by atoms with E-state index in [0.29, 0.717) is 17.9 Å². The van der Waals surface area contributed by atoms with Crippen LogP contribution in [-0.4, -0.2) is 35.2 Å². The number of hydrogen-bond acceptors (Lipinski definition) is 4. The van der Waals surface area contributed by atoms with Crippen molar-refractivity contribution in [3.05, 3.63) is 59.2 Å². The number of likely N-dealkylation sites (tertiary alicyclic amines) is 1. The van der Waals surface area contributed by atoms with Gasteiger partial charge < -0.3 is 19.5 Å². The lowest BCUT2D eigenvalue weighted by molar-refractivity contribution is 0.0692. The van der Waals surface area contributed by atoms with E-state index in [1.807, 2.05) is 23.1 Å². The van der Waals surface area contributed by atoms with E-state index in [1.165, 1.54) is 12.1 Å². The Balaban J connectivity index is 1.58. The van der Waals surface area contributed by atoms with Gasteiger partial charge in [-0.2, -0.15) is 0 Å². The molecule has 128 valence electrons. The van der Waals surface area contributed by atoms with Gasteiger partial charge in [-0.15, -0.1) is 0 Å². The highest BCUT2D eigenvalue weighted by Crippen LogP contribution is 2.39. The summed E-state index contributed by atoms with van der Waals surface area (Å²) < 4.78 is 10.8. The molecule has 2 aliphatic rings. The van der Waals surface area contributed by atoms with Gasteiger partial charge in [-0.3, -0.25) is 4.79 Å². The lowest BCUT2D eigenvalue weighted by Gasteiger charge is -2.25. The van der Waals surface area contributed by atoms with E-state index < -0.39 is 5.97 Å². The Hall–Kier alpha value is -3.02. The summed E-state index contributed by atoms with van der Waals surface area (Å²) in [6.07, 6.45) is 1.82. The van der Waals surface area contributed by atoms with Crippen LogP contribution in [0.1, 0.15) is 45.2 Å². The predicted molar refractivity (Wildman–Crippen MR) is 89.0 cm³/mol. The number of carbonyl (C=O) groups is 2. The van der Waals surface area contributed by atoms with Gasteiger partial charge in [-0.05, 0) is 54.8 Å². The fourth-order valence-corrected chi connectivity index (χ4v) is 3.40. The first-order valence-electron chi connectivity index (χ1n) is 8.17. The number of ether oxygens (including phenoxy) is 2. The summed E-state index contributed by atoms with van der Waals surface area (Å²) in [5, 5.41) is 8.98. The number of fused-ring (bicyclic) bond motifs is 1. The van der Waals surface area contributed by atoms with Crippen LogP contribution in [0.2, 0.25) is 0 Å². The van der Waals surface area contributed by atoms with Gasteiger partial charge in [0.15, 0.2) is 11.5 Å². The number of carboxylic acid groups (broad SMARTS) is 1. The van der Waals surface area contributed by atoms with Crippen molar-refractivity contribution in [2.45, 2.75) is 18.9 Å². The lowest BCUT2D eigenvalue weighted by Crippen LogP contribution is -2.30. The van der Waals surface area contributed by atoms with Crippen LogP contribution in [0, 0.1) is 0 Å². The highest BCUT2D eigenvalue weighted by atomic mass is 16.7. The van der Waals surface area contributed by atoms with Gasteiger partial charge in [0.25, 0.3) is 5.91 Å². The molecular weight excluding hydrogens is 322 g/mol. The minimum atomic E-state index is -1.00. The van der Waals surface area contributed by atoms with Crippen molar-refractivity contribution in [1.29, 1.82) is 0 Å². The molecule has 1 N–H and O–H groups in total. The molecule has 0 aromatic heterocycles. The van der Waals surface area contributed by atoms with E-state index in [2.05, 4.69) is 0 Å². The Bertz CT molecular complexity index is 830. The quantitative estimate of drug-likeness (QED) is 0.930. The van der Waals surface area contributed by atoms with Gasteiger partial charge in [0, 0.05) is 12.1 Å². The van der Waals surface area contributed by atoms with Crippen LogP contribution in [0.5, 0.6) is 11.5 Å². The molecule has 0 bridgehead atoms. The minimum absolute atomic E-state index is 0.0128. The molecule has 2 aromatic carbocycles. The molecule has 0 radical (unpaired) electrons. The number of aromatic carboxylic acids is 1. The first-order valence-corrected chi connectivity index (χ1v) is 8.17. The van der Waals surface area contributed by atoms with Crippen molar-refractivity contribution in [2.75, 3.05) is 13.3 Å². The van der Waals surface area contributed by atoms with Crippen molar-refractivity contribution >= 4 is 11.9 Å². The SMILES string of the molecule is O=C(O)c1ccc(C(=O)N2CCCC2c2ccc3c(c2)OCO3)cc1. The fraction of sp³-hybridized carbons (Fsp3) is 0.263. The Morgan fingerprint density at radius 3 is 2.48 bits per heavy atom. The number of nitrogens with zero attached hydrogens (tertiary/aromatic N) is 1. The summed E-state index contributed by atoms with van der Waals surface area (Å²) in [5.41, 5.74) is 1.69. The molecule has 1 amide bonds. The van der Waals surface area contributed by atoms with E-state index >= 15 is 0 Å². The van der Waals surface area contributed by atoms with Gasteiger partial charge in [-0.25, -0.2) is 4.79 Å². The highest BCUT2D eigenvalue weighted by molar-refractivity contribution is 5.96. The summed E-state index contributed by atoms with van der Waals surface area (Å²) in [7, 11) is 0. The molecule has 1 fully saturated rings. The molecule has 0 aliphatic carbocycles. The van der Waals surface area contributed by atoms with E-state index in [1.54, 1.807) is 12.1 Å². The first kappa shape index (κ1) is 15.5. The van der Waals surface area contributed by atoms with Crippen molar-refractivity contribution in [1.82, 2.24) is 4.90 Å². The van der Waals surface area contributed by atoms with Crippen molar-refractivity contribution in [2.24, 2.45) is 0 Å². The summed E-state index contributed by atoms with van der Waals surface area (Å²) >= 11 is 0. The maximum Gasteiger partial charge on any atom is 0.335 e. The van der Waals surface area contributed by atoms with E-state index in [0.717, 1.165) is 24.2 Å². The largest absolute Gasteiger partial charge is 0.478 e. The predicted octanol–water partition coefficient (Wildman–Crippen LogP) is 3.09. The van der Waals surface area contributed by atoms with Gasteiger partial charge >= 0.3 is 5.97 Å². The molecule has 0 spiro atoms. The van der Waals surface area contributed by atoms with Crippen LogP contribution in [0.4, 0.5) is 0 Å². The average molecular weight is 339 g/mol. The third kappa shape index (κ3) is 2.80. The topological polar surface area (TPSA) is 76.1 Å². The van der Waals surface area contributed by atoms with Crippen LogP contribution in [0.25, 0.3) is 0 Å². The average Bonchev–Trinajstić information content (AvgIpc) is 3.29. The van der Waals surface area contributed by atoms with Gasteiger partial charge in [-0.1, -0.05) is 6.07 Å². The van der Waals surface area contributed by atoms with Crippen LogP contribution in [0.15, 0.2) is 42.5 Å². The maximum absolute atomic E-state index is 12.9. The van der Waals surface area contributed by atoms with Gasteiger partial charge in [0.1, 0.15) is 0 Å². The molecule has 2 aromatic rings. The Morgan fingerprint density at radius 1 is 1.00 bits per heavy atom. The second kappa shape index (κ2) is 6.12. The third-order valence-electron chi connectivity index (χ3n) is 4.67. The molecule has 25 heavy (non-hydrogen) atoms. The van der Waals surface area contributed by atoms with Crippen molar-refractivity contribution in [3.8, 4) is 11.5 Å². The Morgan fingerprint density at radius 2 is 1.72 bits per heavy atom. The van der Waals surface area contributed by atoms with E-state index in [-0.39, 0.29) is 24.3 Å². The number of rotatable bonds is 3. The van der Waals surface area contributed by atoms with Gasteiger partial charge in [0.05, 0.1) is 11.6 Å². The smallest absolute Gasteiger partial charge is 0.335 e. The van der Waals surface area contributed by atoms with Crippen LogP contribution in [0.3, 0.4) is 0 Å². The van der Waals surface area contributed by atoms with Crippen molar-refractivity contribution < 1.29 is 24.2 Å². The summed E-state index contributed by atoms with van der Waals surface area (Å²) in [6, 6.07) is 11.8. The van der Waals surface area contributed by atoms with Gasteiger partial charge in [0.2, 0.25) is 6.79 Å². The number of amides is 1. The molecule has 2 aliphatic heterocycles. The molecule has 0 saturated carbocycles. The van der Waals surface area contributed by atoms with E-state index in [9.17, 15) is 9.59 Å². The third-order valence-corrected chi connectivity index (χ3v) is 4.67. The summed E-state index contributed by atoms with van der Waals surface area (Å²) in [5.74, 6) is 0.349. The minimum Gasteiger partial charge on any atom is -0.478 e. The molecule has 2 heterocycles. The van der Waals surface area contributed by atoms with Crippen LogP contribution in [-0.2, 0) is 0 Å². The molecule has 1 unspecified atom stereocenters. The van der Waals surface area contributed by atoms with Crippen molar-refractivity contribution in [3.63, 3.8) is 0 Å². The normalized spacial score (nSPS) is 18.4. The number of carboxylic acids is 1. The Labute approximate surface area is 144 Å². The fourth-order valence-electron chi connectivity index (χ4n) is 3.40. The standard InChI is InChI=1S/C19H17NO5/c21-18(12-3-5-13(6-4-12)19(22)23)20-9-1-2-15(20)14-7-8-16-17(10-14)25-11-24-16/h3-8,10,15H,1-2,9,11H2,(H,22,23). The van der Waals surface area contributed by atoms with E-state index in [4.69, 9.17) is 14.6 Å². The molecule has 4 rings (SSSR count). The number of benzene rings is 2. The zero-order valence-electron chi connectivity index (χ0n) is 13.5. The molecule has 1 atom stereocenters. The van der Waals surface area contributed by atoms with Crippen LogP contribution >= 0.6 is 0 Å². The molecule has 6 nitrogen and oxygen atoms in total. The summed E-state index contributed by atoms with van der Waals surface area (Å²) in [4.78, 5) is 25.7. The van der Waals surface area contributed by atoms with Crippen LogP contribution < -0.4 is 9.47 Å². The molecule has 6 heteroatoms. The molecular formula is C19H17NO5. The maximum atomic E-state index is 12.9. The second-order valence-electron chi connectivity index (χ2n) is 6.15. The summed E-state index contributed by atoms with van der Waals surface area (Å²) in [6.45, 7) is 0.903. The highest BCUT2D eigenvalue weighted by Gasteiger charge is 2.31. The number of hydrogen-bond donors (Lipinski definition) is 1. The monoisotopic (exact) mass is 339 g/mol. The first-order chi connectivity index (χ1) is 12.1. The zero-order valence-corrected chi connectivity index (χ0v) is 13.5.